The summed E-state index contributed by atoms with van der Waals surface area (Å²) in [6, 6.07) is 16.5. The van der Waals surface area contributed by atoms with Crippen molar-refractivity contribution in [2.45, 2.75) is 63.0 Å². The van der Waals surface area contributed by atoms with E-state index in [1.54, 1.807) is 6.92 Å². The lowest BCUT2D eigenvalue weighted by Gasteiger charge is -2.46. The van der Waals surface area contributed by atoms with Crippen molar-refractivity contribution < 1.29 is 14.3 Å². The van der Waals surface area contributed by atoms with Crippen molar-refractivity contribution in [3.63, 3.8) is 0 Å². The van der Waals surface area contributed by atoms with Gasteiger partial charge in [-0.2, -0.15) is 0 Å². The molecule has 0 radical (unpaired) electrons. The van der Waals surface area contributed by atoms with Crippen LogP contribution in [-0.4, -0.2) is 35.4 Å². The highest BCUT2D eigenvalue weighted by Gasteiger charge is 2.46. The number of amides is 2. The van der Waals surface area contributed by atoms with Crippen LogP contribution in [0.3, 0.4) is 0 Å². The van der Waals surface area contributed by atoms with Gasteiger partial charge in [-0.05, 0) is 36.5 Å². The standard InChI is InChI=1S/C26H30N2O3/c1-18(29)28-15-13-26(14-16-28)17-22(21-10-4-5-12-24(21)31-26)25(30)27-23-11-6-8-19-7-2-3-9-20(19)23/h2-5,7,9-10,12,22-23H,6,8,11,13-17H2,1H3,(H,27,30). The molecule has 0 saturated carbocycles. The number of para-hydroxylation sites is 1. The van der Waals surface area contributed by atoms with Crippen LogP contribution in [0.15, 0.2) is 48.5 Å². The van der Waals surface area contributed by atoms with Crippen LogP contribution in [0.4, 0.5) is 0 Å². The van der Waals surface area contributed by atoms with Crippen molar-refractivity contribution in [2.75, 3.05) is 13.1 Å². The number of nitrogens with zero attached hydrogens (tertiary/aromatic N) is 1. The van der Waals surface area contributed by atoms with Crippen LogP contribution in [0, 0.1) is 0 Å². The van der Waals surface area contributed by atoms with Crippen LogP contribution in [0.1, 0.15) is 67.7 Å². The first-order chi connectivity index (χ1) is 15.0. The number of rotatable bonds is 2. The number of ether oxygens (including phenoxy) is 1. The fourth-order valence-electron chi connectivity index (χ4n) is 5.56. The normalized spacial score (nSPS) is 24.0. The minimum atomic E-state index is -0.382. The molecule has 1 N–H and O–H groups in total. The number of likely N-dealkylation sites (tertiary alicyclic amines) is 1. The molecular formula is C26H30N2O3. The smallest absolute Gasteiger partial charge is 0.228 e. The van der Waals surface area contributed by atoms with Gasteiger partial charge in [0, 0.05) is 44.8 Å². The van der Waals surface area contributed by atoms with Crippen LogP contribution in [0.25, 0.3) is 0 Å². The Morgan fingerprint density at radius 1 is 1.03 bits per heavy atom. The molecule has 0 aromatic heterocycles. The molecule has 1 aliphatic carbocycles. The Hall–Kier alpha value is -2.82. The number of carbonyl (C=O) groups excluding carboxylic acids is 2. The van der Waals surface area contributed by atoms with Gasteiger partial charge in [0.05, 0.1) is 12.0 Å². The Morgan fingerprint density at radius 2 is 1.74 bits per heavy atom. The minimum Gasteiger partial charge on any atom is -0.487 e. The van der Waals surface area contributed by atoms with Gasteiger partial charge in [0.1, 0.15) is 11.4 Å². The Bertz CT molecular complexity index is 994. The maximum Gasteiger partial charge on any atom is 0.228 e. The molecule has 2 aromatic rings. The van der Waals surface area contributed by atoms with Gasteiger partial charge in [-0.25, -0.2) is 0 Å². The van der Waals surface area contributed by atoms with Gasteiger partial charge in [0.25, 0.3) is 0 Å². The highest BCUT2D eigenvalue weighted by molar-refractivity contribution is 5.85. The summed E-state index contributed by atoms with van der Waals surface area (Å²) in [6.07, 6.45) is 5.34. The Kier molecular flexibility index (Phi) is 5.20. The average Bonchev–Trinajstić information content (AvgIpc) is 2.79. The van der Waals surface area contributed by atoms with Crippen LogP contribution in [-0.2, 0) is 16.0 Å². The molecular weight excluding hydrogens is 388 g/mol. The van der Waals surface area contributed by atoms with Gasteiger partial charge >= 0.3 is 0 Å². The lowest BCUT2D eigenvalue weighted by atomic mass is 9.76. The summed E-state index contributed by atoms with van der Waals surface area (Å²) >= 11 is 0. The molecule has 31 heavy (non-hydrogen) atoms. The van der Waals surface area contributed by atoms with E-state index in [0.29, 0.717) is 19.5 Å². The molecule has 1 fully saturated rings. The van der Waals surface area contributed by atoms with Gasteiger partial charge in [0.15, 0.2) is 0 Å². The molecule has 2 amide bonds. The van der Waals surface area contributed by atoms with Crippen molar-refractivity contribution in [1.82, 2.24) is 10.2 Å². The van der Waals surface area contributed by atoms with Gasteiger partial charge < -0.3 is 15.0 Å². The van der Waals surface area contributed by atoms with E-state index in [0.717, 1.165) is 43.4 Å². The van der Waals surface area contributed by atoms with Crippen molar-refractivity contribution in [3.8, 4) is 5.75 Å². The fraction of sp³-hybridized carbons (Fsp3) is 0.462. The van der Waals surface area contributed by atoms with E-state index in [9.17, 15) is 9.59 Å². The number of fused-ring (bicyclic) bond motifs is 2. The summed E-state index contributed by atoms with van der Waals surface area (Å²) in [5, 5.41) is 3.38. The molecule has 2 aliphatic heterocycles. The zero-order valence-corrected chi connectivity index (χ0v) is 18.1. The SMILES string of the molecule is CC(=O)N1CCC2(CC1)CC(C(=O)NC1CCCc3ccccc31)c1ccccc1O2. The average molecular weight is 419 g/mol. The first kappa shape index (κ1) is 20.1. The molecule has 2 atom stereocenters. The van der Waals surface area contributed by atoms with Crippen molar-refractivity contribution in [2.24, 2.45) is 0 Å². The molecule has 5 nitrogen and oxygen atoms in total. The lowest BCUT2D eigenvalue weighted by Crippen LogP contribution is -2.52. The van der Waals surface area contributed by atoms with Gasteiger partial charge in [-0.1, -0.05) is 42.5 Å². The molecule has 5 rings (SSSR count). The summed E-state index contributed by atoms with van der Waals surface area (Å²) < 4.78 is 6.50. The summed E-state index contributed by atoms with van der Waals surface area (Å²) in [6.45, 7) is 2.98. The number of aryl methyl sites for hydroxylation is 1. The summed E-state index contributed by atoms with van der Waals surface area (Å²) in [7, 11) is 0. The van der Waals surface area contributed by atoms with E-state index < -0.39 is 0 Å². The van der Waals surface area contributed by atoms with Crippen LogP contribution in [0.5, 0.6) is 5.75 Å². The second-order valence-electron chi connectivity index (χ2n) is 9.24. The van der Waals surface area contributed by atoms with E-state index in [-0.39, 0.29) is 29.4 Å². The maximum absolute atomic E-state index is 13.6. The monoisotopic (exact) mass is 418 g/mol. The summed E-state index contributed by atoms with van der Waals surface area (Å²) in [4.78, 5) is 27.3. The Balaban J connectivity index is 1.39. The van der Waals surface area contributed by atoms with Crippen LogP contribution < -0.4 is 10.1 Å². The first-order valence-corrected chi connectivity index (χ1v) is 11.5. The van der Waals surface area contributed by atoms with Gasteiger partial charge in [0.2, 0.25) is 11.8 Å². The number of carbonyl (C=O) groups is 2. The predicted molar refractivity (Wildman–Crippen MR) is 119 cm³/mol. The highest BCUT2D eigenvalue weighted by atomic mass is 16.5. The van der Waals surface area contributed by atoms with Gasteiger partial charge in [-0.15, -0.1) is 0 Å². The second-order valence-corrected chi connectivity index (χ2v) is 9.24. The maximum atomic E-state index is 13.6. The quantitative estimate of drug-likeness (QED) is 0.798. The Morgan fingerprint density at radius 3 is 2.52 bits per heavy atom. The largest absolute Gasteiger partial charge is 0.487 e. The topological polar surface area (TPSA) is 58.6 Å². The van der Waals surface area contributed by atoms with Crippen molar-refractivity contribution in [1.29, 1.82) is 0 Å². The molecule has 2 aromatic carbocycles. The van der Waals surface area contributed by atoms with Crippen LogP contribution in [0.2, 0.25) is 0 Å². The fourth-order valence-corrected chi connectivity index (χ4v) is 5.56. The number of benzene rings is 2. The van der Waals surface area contributed by atoms with E-state index >= 15 is 0 Å². The van der Waals surface area contributed by atoms with E-state index in [1.165, 1.54) is 11.1 Å². The number of hydrogen-bond donors (Lipinski definition) is 1. The molecule has 5 heteroatoms. The molecule has 1 saturated heterocycles. The van der Waals surface area contributed by atoms with Crippen molar-refractivity contribution >= 4 is 11.8 Å². The second kappa shape index (κ2) is 8.03. The third-order valence-electron chi connectivity index (χ3n) is 7.32. The predicted octanol–water partition coefficient (Wildman–Crippen LogP) is 4.13. The minimum absolute atomic E-state index is 0.0722. The number of nitrogens with one attached hydrogen (secondary N) is 1. The van der Waals surface area contributed by atoms with Crippen molar-refractivity contribution in [3.05, 3.63) is 65.2 Å². The highest BCUT2D eigenvalue weighted by Crippen LogP contribution is 2.45. The summed E-state index contributed by atoms with van der Waals surface area (Å²) in [5.74, 6) is 0.777. The zero-order valence-electron chi connectivity index (χ0n) is 18.1. The third-order valence-corrected chi connectivity index (χ3v) is 7.32. The first-order valence-electron chi connectivity index (χ1n) is 11.5. The number of hydrogen-bond acceptors (Lipinski definition) is 3. The zero-order chi connectivity index (χ0) is 21.4. The molecule has 1 spiro atoms. The Labute approximate surface area is 183 Å². The summed E-state index contributed by atoms with van der Waals surface area (Å²) in [5.41, 5.74) is 3.20. The van der Waals surface area contributed by atoms with Crippen LogP contribution >= 0.6 is 0 Å². The third kappa shape index (κ3) is 3.82. The van der Waals surface area contributed by atoms with E-state index in [4.69, 9.17) is 4.74 Å². The molecule has 0 bridgehead atoms. The lowest BCUT2D eigenvalue weighted by molar-refractivity contribution is -0.134. The molecule has 162 valence electrons. The van der Waals surface area contributed by atoms with E-state index in [2.05, 4.69) is 29.6 Å². The van der Waals surface area contributed by atoms with Gasteiger partial charge in [-0.3, -0.25) is 9.59 Å². The molecule has 2 heterocycles. The number of piperidine rings is 1. The molecule has 2 unspecified atom stereocenters. The molecule has 3 aliphatic rings. The van der Waals surface area contributed by atoms with E-state index in [1.807, 2.05) is 29.2 Å².